The molecule has 2 rings (SSSR count). The first-order chi connectivity index (χ1) is 7.25. The maximum absolute atomic E-state index is 11.8. The smallest absolute Gasteiger partial charge is 0.230 e. The molecule has 0 bridgehead atoms. The molecule has 15 heavy (non-hydrogen) atoms. The van der Waals surface area contributed by atoms with Crippen LogP contribution in [0.2, 0.25) is 0 Å². The SMILES string of the molecule is Cc1nc(CC(=O)N2CCNCC2)n[nH]1. The van der Waals surface area contributed by atoms with Crippen molar-refractivity contribution >= 4 is 5.91 Å². The highest BCUT2D eigenvalue weighted by molar-refractivity contribution is 5.78. The Balaban J connectivity index is 1.91. The highest BCUT2D eigenvalue weighted by atomic mass is 16.2. The molecule has 6 heteroatoms. The first-order valence-corrected chi connectivity index (χ1v) is 5.12. The number of aromatic amines is 1. The van der Waals surface area contributed by atoms with E-state index in [0.717, 1.165) is 32.0 Å². The lowest BCUT2D eigenvalue weighted by molar-refractivity contribution is -0.131. The van der Waals surface area contributed by atoms with Crippen LogP contribution in [0.5, 0.6) is 0 Å². The second kappa shape index (κ2) is 4.39. The van der Waals surface area contributed by atoms with E-state index in [1.807, 2.05) is 11.8 Å². The minimum Gasteiger partial charge on any atom is -0.340 e. The number of nitrogens with one attached hydrogen (secondary N) is 2. The largest absolute Gasteiger partial charge is 0.340 e. The summed E-state index contributed by atoms with van der Waals surface area (Å²) in [7, 11) is 0. The number of rotatable bonds is 2. The molecule has 82 valence electrons. The third-order valence-corrected chi connectivity index (χ3v) is 2.42. The predicted molar refractivity (Wildman–Crippen MR) is 54.3 cm³/mol. The summed E-state index contributed by atoms with van der Waals surface area (Å²) in [5, 5.41) is 9.89. The van der Waals surface area contributed by atoms with E-state index in [4.69, 9.17) is 0 Å². The van der Waals surface area contributed by atoms with Crippen LogP contribution in [0.1, 0.15) is 11.6 Å². The summed E-state index contributed by atoms with van der Waals surface area (Å²) in [5.74, 6) is 1.43. The zero-order chi connectivity index (χ0) is 10.7. The van der Waals surface area contributed by atoms with Crippen molar-refractivity contribution in [3.8, 4) is 0 Å². The third-order valence-electron chi connectivity index (χ3n) is 2.42. The Labute approximate surface area is 88.1 Å². The van der Waals surface area contributed by atoms with Crippen molar-refractivity contribution in [3.05, 3.63) is 11.6 Å². The van der Waals surface area contributed by atoms with Crippen LogP contribution in [-0.2, 0) is 11.2 Å². The van der Waals surface area contributed by atoms with Crippen molar-refractivity contribution in [1.82, 2.24) is 25.4 Å². The topological polar surface area (TPSA) is 73.9 Å². The Morgan fingerprint density at radius 1 is 1.47 bits per heavy atom. The van der Waals surface area contributed by atoms with Gasteiger partial charge in [0.15, 0.2) is 5.82 Å². The Bertz CT molecular complexity index is 342. The molecule has 0 atom stereocenters. The minimum atomic E-state index is 0.107. The quantitative estimate of drug-likeness (QED) is 0.661. The fraction of sp³-hybridized carbons (Fsp3) is 0.667. The van der Waals surface area contributed by atoms with Gasteiger partial charge in [-0.3, -0.25) is 9.89 Å². The van der Waals surface area contributed by atoms with Gasteiger partial charge in [0.05, 0.1) is 6.42 Å². The lowest BCUT2D eigenvalue weighted by Crippen LogP contribution is -2.47. The van der Waals surface area contributed by atoms with E-state index in [-0.39, 0.29) is 5.91 Å². The van der Waals surface area contributed by atoms with Crippen molar-refractivity contribution < 1.29 is 4.79 Å². The Morgan fingerprint density at radius 2 is 2.20 bits per heavy atom. The number of carbonyl (C=O) groups excluding carboxylic acids is 1. The molecule has 1 aliphatic rings. The summed E-state index contributed by atoms with van der Waals surface area (Å²) in [5.41, 5.74) is 0. The fourth-order valence-corrected chi connectivity index (χ4v) is 1.63. The van der Waals surface area contributed by atoms with Crippen molar-refractivity contribution in [3.63, 3.8) is 0 Å². The van der Waals surface area contributed by atoms with Crippen molar-refractivity contribution in [2.75, 3.05) is 26.2 Å². The van der Waals surface area contributed by atoms with Gasteiger partial charge in [0.1, 0.15) is 5.82 Å². The maximum atomic E-state index is 11.8. The van der Waals surface area contributed by atoms with Crippen molar-refractivity contribution in [1.29, 1.82) is 0 Å². The summed E-state index contributed by atoms with van der Waals surface area (Å²) < 4.78 is 0. The second-order valence-corrected chi connectivity index (χ2v) is 3.64. The van der Waals surface area contributed by atoms with Crippen LogP contribution in [0.25, 0.3) is 0 Å². The van der Waals surface area contributed by atoms with E-state index in [1.54, 1.807) is 0 Å². The van der Waals surface area contributed by atoms with Gasteiger partial charge in [0.2, 0.25) is 5.91 Å². The number of hydrogen-bond acceptors (Lipinski definition) is 4. The van der Waals surface area contributed by atoms with Gasteiger partial charge in [-0.25, -0.2) is 4.98 Å². The maximum Gasteiger partial charge on any atom is 0.230 e. The van der Waals surface area contributed by atoms with E-state index < -0.39 is 0 Å². The van der Waals surface area contributed by atoms with Gasteiger partial charge < -0.3 is 10.2 Å². The van der Waals surface area contributed by atoms with Gasteiger partial charge in [-0.2, -0.15) is 5.10 Å². The molecule has 1 saturated heterocycles. The molecule has 1 aromatic heterocycles. The lowest BCUT2D eigenvalue weighted by Gasteiger charge is -2.27. The number of aryl methyl sites for hydroxylation is 1. The monoisotopic (exact) mass is 209 g/mol. The van der Waals surface area contributed by atoms with Crippen LogP contribution in [-0.4, -0.2) is 52.2 Å². The molecule has 1 amide bonds. The fourth-order valence-electron chi connectivity index (χ4n) is 1.63. The highest BCUT2D eigenvalue weighted by Gasteiger charge is 2.17. The normalized spacial score (nSPS) is 16.7. The van der Waals surface area contributed by atoms with Crippen LogP contribution >= 0.6 is 0 Å². The molecule has 1 aliphatic heterocycles. The lowest BCUT2D eigenvalue weighted by atomic mass is 10.3. The van der Waals surface area contributed by atoms with Gasteiger partial charge in [-0.05, 0) is 6.92 Å². The van der Waals surface area contributed by atoms with Gasteiger partial charge in [-0.15, -0.1) is 0 Å². The van der Waals surface area contributed by atoms with Crippen LogP contribution in [0, 0.1) is 6.92 Å². The zero-order valence-electron chi connectivity index (χ0n) is 8.79. The Morgan fingerprint density at radius 3 is 2.80 bits per heavy atom. The molecule has 0 spiro atoms. The molecule has 2 N–H and O–H groups in total. The molecule has 0 aliphatic carbocycles. The number of aromatic nitrogens is 3. The number of carbonyl (C=O) groups is 1. The number of nitrogens with zero attached hydrogens (tertiary/aromatic N) is 3. The molecular formula is C9H15N5O. The molecule has 1 aromatic rings. The van der Waals surface area contributed by atoms with E-state index >= 15 is 0 Å². The van der Waals surface area contributed by atoms with Crippen LogP contribution in [0.15, 0.2) is 0 Å². The first-order valence-electron chi connectivity index (χ1n) is 5.12. The predicted octanol–water partition coefficient (Wildman–Crippen LogP) is -0.913. The summed E-state index contributed by atoms with van der Waals surface area (Å²) in [6.45, 7) is 5.13. The molecule has 1 fully saturated rings. The third kappa shape index (κ3) is 2.53. The van der Waals surface area contributed by atoms with Crippen LogP contribution in [0.3, 0.4) is 0 Å². The molecular weight excluding hydrogens is 194 g/mol. The van der Waals surface area contributed by atoms with E-state index in [9.17, 15) is 4.79 Å². The van der Waals surface area contributed by atoms with Gasteiger partial charge in [0, 0.05) is 26.2 Å². The summed E-state index contributed by atoms with van der Waals surface area (Å²) in [6, 6.07) is 0. The molecule has 0 radical (unpaired) electrons. The van der Waals surface area contributed by atoms with Crippen LogP contribution < -0.4 is 5.32 Å². The molecule has 6 nitrogen and oxygen atoms in total. The van der Waals surface area contributed by atoms with E-state index in [2.05, 4.69) is 20.5 Å². The average Bonchev–Trinajstić information content (AvgIpc) is 2.65. The zero-order valence-corrected chi connectivity index (χ0v) is 8.79. The van der Waals surface area contributed by atoms with Gasteiger partial charge in [0.25, 0.3) is 0 Å². The summed E-state index contributed by atoms with van der Waals surface area (Å²) in [6.07, 6.45) is 0.296. The van der Waals surface area contributed by atoms with Crippen molar-refractivity contribution in [2.45, 2.75) is 13.3 Å². The molecule has 0 unspecified atom stereocenters. The van der Waals surface area contributed by atoms with E-state index in [0.29, 0.717) is 12.2 Å². The summed E-state index contributed by atoms with van der Waals surface area (Å²) in [4.78, 5) is 17.7. The number of piperazine rings is 1. The Hall–Kier alpha value is -1.43. The highest BCUT2D eigenvalue weighted by Crippen LogP contribution is 1.99. The van der Waals surface area contributed by atoms with Crippen molar-refractivity contribution in [2.24, 2.45) is 0 Å². The first kappa shape index (κ1) is 10.1. The molecule has 2 heterocycles. The van der Waals surface area contributed by atoms with Crippen LogP contribution in [0.4, 0.5) is 0 Å². The summed E-state index contributed by atoms with van der Waals surface area (Å²) >= 11 is 0. The van der Waals surface area contributed by atoms with Gasteiger partial charge >= 0.3 is 0 Å². The molecule has 0 aromatic carbocycles. The number of amides is 1. The standard InChI is InChI=1S/C9H15N5O/c1-7-11-8(13-12-7)6-9(15)14-4-2-10-3-5-14/h10H,2-6H2,1H3,(H,11,12,13). The van der Waals surface area contributed by atoms with Gasteiger partial charge in [-0.1, -0.05) is 0 Å². The minimum absolute atomic E-state index is 0.107. The molecule has 0 saturated carbocycles. The second-order valence-electron chi connectivity index (χ2n) is 3.64. The van der Waals surface area contributed by atoms with E-state index in [1.165, 1.54) is 0 Å². The number of hydrogen-bond donors (Lipinski definition) is 2. The number of H-pyrrole nitrogens is 1. The Kier molecular flexibility index (Phi) is 2.96. The average molecular weight is 209 g/mol.